The van der Waals surface area contributed by atoms with Gasteiger partial charge >= 0.3 is 0 Å². The van der Waals surface area contributed by atoms with Gasteiger partial charge in [-0.3, -0.25) is 4.98 Å². The van der Waals surface area contributed by atoms with Crippen LogP contribution >= 0.6 is 0 Å². The molecule has 65 valence electrons. The molecule has 0 bridgehead atoms. The molecule has 0 aliphatic carbocycles. The molecule has 0 atom stereocenters. The highest BCUT2D eigenvalue weighted by Gasteiger charge is 2.18. The van der Waals surface area contributed by atoms with Crippen molar-refractivity contribution in [1.29, 1.82) is 0 Å². The van der Waals surface area contributed by atoms with Gasteiger partial charge in [0.25, 0.3) is 0 Å². The maximum Gasteiger partial charge on any atom is 0.150 e. The first kappa shape index (κ1) is 9.04. The molecule has 0 saturated carbocycles. The normalized spacial score (nSPS) is 11.3. The molecular formula is C10H14NO. The van der Waals surface area contributed by atoms with Crippen LogP contribution < -0.4 is 4.74 Å². The molecule has 1 aromatic rings. The van der Waals surface area contributed by atoms with E-state index >= 15 is 0 Å². The lowest BCUT2D eigenvalue weighted by Crippen LogP contribution is -2.12. The molecule has 0 aliphatic heterocycles. The van der Waals surface area contributed by atoms with Gasteiger partial charge in [0.2, 0.25) is 0 Å². The smallest absolute Gasteiger partial charge is 0.150 e. The number of hydrogen-bond donors (Lipinski definition) is 0. The van der Waals surface area contributed by atoms with E-state index in [1.165, 1.54) is 0 Å². The van der Waals surface area contributed by atoms with Crippen LogP contribution in [0.1, 0.15) is 26.3 Å². The monoisotopic (exact) mass is 164 g/mol. The predicted octanol–water partition coefficient (Wildman–Crippen LogP) is 2.19. The van der Waals surface area contributed by atoms with E-state index in [0.717, 1.165) is 11.3 Å². The lowest BCUT2D eigenvalue weighted by Gasteiger charge is -2.20. The van der Waals surface area contributed by atoms with E-state index in [-0.39, 0.29) is 5.41 Å². The fraction of sp³-hybridized carbons (Fsp3) is 0.500. The Kier molecular flexibility index (Phi) is 2.36. The van der Waals surface area contributed by atoms with Crippen molar-refractivity contribution in [1.82, 2.24) is 4.98 Å². The molecule has 0 fully saturated rings. The molecule has 0 saturated heterocycles. The van der Waals surface area contributed by atoms with Crippen LogP contribution in [0.3, 0.4) is 0 Å². The maximum atomic E-state index is 5.15. The van der Waals surface area contributed by atoms with Crippen molar-refractivity contribution in [2.75, 3.05) is 7.11 Å². The van der Waals surface area contributed by atoms with E-state index in [0.29, 0.717) is 0 Å². The summed E-state index contributed by atoms with van der Waals surface area (Å²) in [6, 6.07) is 1.97. The molecule has 1 rings (SSSR count). The molecule has 1 heterocycles. The minimum absolute atomic E-state index is 0.0881. The van der Waals surface area contributed by atoms with Crippen LogP contribution in [0.5, 0.6) is 5.75 Å². The summed E-state index contributed by atoms with van der Waals surface area (Å²) in [6.45, 7) is 6.41. The topological polar surface area (TPSA) is 22.1 Å². The molecule has 2 heteroatoms. The Morgan fingerprint density at radius 3 is 2.50 bits per heavy atom. The lowest BCUT2D eigenvalue weighted by molar-refractivity contribution is 0.394. The summed E-state index contributed by atoms with van der Waals surface area (Å²) in [5, 5.41) is 0. The summed E-state index contributed by atoms with van der Waals surface area (Å²) in [4.78, 5) is 3.88. The molecule has 0 aliphatic rings. The van der Waals surface area contributed by atoms with Crippen LogP contribution in [0.2, 0.25) is 0 Å². The van der Waals surface area contributed by atoms with Crippen LogP contribution in [0.25, 0.3) is 0 Å². The summed E-state index contributed by atoms with van der Waals surface area (Å²) in [7, 11) is 1.64. The standard InChI is InChI=1S/C10H14NO/c1-10(2,3)8-5-6-11-7-9(8)12-4/h5-6H,1-4H3. The van der Waals surface area contributed by atoms with Crippen molar-refractivity contribution in [3.8, 4) is 5.75 Å². The second-order valence-electron chi connectivity index (χ2n) is 3.75. The Morgan fingerprint density at radius 2 is 2.08 bits per heavy atom. The molecule has 0 N–H and O–H groups in total. The SMILES string of the molecule is COc1[c]nccc1C(C)(C)C. The second kappa shape index (κ2) is 3.13. The summed E-state index contributed by atoms with van der Waals surface area (Å²) >= 11 is 0. The number of aromatic nitrogens is 1. The Hall–Kier alpha value is -1.05. The van der Waals surface area contributed by atoms with E-state index in [1.54, 1.807) is 13.3 Å². The minimum Gasteiger partial charge on any atom is -0.494 e. The van der Waals surface area contributed by atoms with E-state index in [1.807, 2.05) is 6.07 Å². The average molecular weight is 164 g/mol. The summed E-state index contributed by atoms with van der Waals surface area (Å²) in [5.41, 5.74) is 1.23. The van der Waals surface area contributed by atoms with Gasteiger partial charge in [0.15, 0.2) is 5.75 Å². The van der Waals surface area contributed by atoms with Crippen molar-refractivity contribution < 1.29 is 4.74 Å². The molecule has 12 heavy (non-hydrogen) atoms. The Balaban J connectivity index is 3.14. The molecule has 2 nitrogen and oxygen atoms in total. The quantitative estimate of drug-likeness (QED) is 0.634. The highest BCUT2D eigenvalue weighted by molar-refractivity contribution is 5.34. The second-order valence-corrected chi connectivity index (χ2v) is 3.75. The van der Waals surface area contributed by atoms with E-state index in [2.05, 4.69) is 32.0 Å². The lowest BCUT2D eigenvalue weighted by atomic mass is 9.87. The Morgan fingerprint density at radius 1 is 1.42 bits per heavy atom. The van der Waals surface area contributed by atoms with Crippen LogP contribution in [0.15, 0.2) is 12.3 Å². The van der Waals surface area contributed by atoms with Gasteiger partial charge in [-0.1, -0.05) is 20.8 Å². The number of hydrogen-bond acceptors (Lipinski definition) is 2. The third-order valence-electron chi connectivity index (χ3n) is 1.74. The fourth-order valence-electron chi connectivity index (χ4n) is 1.09. The van der Waals surface area contributed by atoms with Crippen molar-refractivity contribution >= 4 is 0 Å². The highest BCUT2D eigenvalue weighted by atomic mass is 16.5. The maximum absolute atomic E-state index is 5.15. The van der Waals surface area contributed by atoms with Gasteiger partial charge in [-0.15, -0.1) is 0 Å². The Bertz CT molecular complexity index is 263. The zero-order valence-corrected chi connectivity index (χ0v) is 8.01. The van der Waals surface area contributed by atoms with Crippen LogP contribution in [0, 0.1) is 6.20 Å². The number of rotatable bonds is 1. The van der Waals surface area contributed by atoms with Crippen LogP contribution in [0.4, 0.5) is 0 Å². The van der Waals surface area contributed by atoms with Crippen molar-refractivity contribution in [2.45, 2.75) is 26.2 Å². The van der Waals surface area contributed by atoms with Crippen LogP contribution in [-0.2, 0) is 5.41 Å². The molecule has 1 aromatic heterocycles. The number of methoxy groups -OCH3 is 1. The third-order valence-corrected chi connectivity index (χ3v) is 1.74. The predicted molar refractivity (Wildman–Crippen MR) is 48.3 cm³/mol. The number of pyridine rings is 1. The molecule has 0 amide bonds. The summed E-state index contributed by atoms with van der Waals surface area (Å²) in [6.07, 6.45) is 4.56. The Labute approximate surface area is 73.6 Å². The van der Waals surface area contributed by atoms with Gasteiger partial charge in [0.05, 0.1) is 7.11 Å². The molecule has 0 aromatic carbocycles. The first-order valence-corrected chi connectivity index (χ1v) is 3.97. The largest absolute Gasteiger partial charge is 0.494 e. The van der Waals surface area contributed by atoms with Gasteiger partial charge in [0.1, 0.15) is 6.20 Å². The number of nitrogens with zero attached hydrogens (tertiary/aromatic N) is 1. The summed E-state index contributed by atoms with van der Waals surface area (Å²) in [5.74, 6) is 0.741. The first-order chi connectivity index (χ1) is 5.55. The molecule has 0 spiro atoms. The highest BCUT2D eigenvalue weighted by Crippen LogP contribution is 2.29. The van der Waals surface area contributed by atoms with Gasteiger partial charge in [-0.2, -0.15) is 0 Å². The zero-order valence-electron chi connectivity index (χ0n) is 8.01. The first-order valence-electron chi connectivity index (χ1n) is 3.97. The molecule has 0 unspecified atom stereocenters. The molecule has 1 radical (unpaired) electrons. The van der Waals surface area contributed by atoms with Gasteiger partial charge < -0.3 is 4.74 Å². The molecular weight excluding hydrogens is 150 g/mol. The van der Waals surface area contributed by atoms with Crippen LogP contribution in [-0.4, -0.2) is 12.1 Å². The van der Waals surface area contributed by atoms with Crippen molar-refractivity contribution in [2.24, 2.45) is 0 Å². The average Bonchev–Trinajstić information content (AvgIpc) is 2.03. The van der Waals surface area contributed by atoms with Gasteiger partial charge in [-0.25, -0.2) is 0 Å². The fourth-order valence-corrected chi connectivity index (χ4v) is 1.09. The van der Waals surface area contributed by atoms with Crippen molar-refractivity contribution in [3.63, 3.8) is 0 Å². The van der Waals surface area contributed by atoms with E-state index in [9.17, 15) is 0 Å². The van der Waals surface area contributed by atoms with E-state index < -0.39 is 0 Å². The zero-order chi connectivity index (χ0) is 9.19. The van der Waals surface area contributed by atoms with Crippen molar-refractivity contribution in [3.05, 3.63) is 24.0 Å². The van der Waals surface area contributed by atoms with E-state index in [4.69, 9.17) is 4.74 Å². The minimum atomic E-state index is 0.0881. The third kappa shape index (κ3) is 1.76. The summed E-state index contributed by atoms with van der Waals surface area (Å²) < 4.78 is 5.15. The number of ether oxygens (including phenoxy) is 1. The van der Waals surface area contributed by atoms with Gasteiger partial charge in [-0.05, 0) is 11.5 Å². The van der Waals surface area contributed by atoms with Gasteiger partial charge in [0, 0.05) is 11.8 Å².